The molecule has 7 nitrogen and oxygen atoms in total. The molecule has 1 aromatic rings. The van der Waals surface area contributed by atoms with Crippen molar-refractivity contribution < 1.29 is 19.5 Å². The quantitative estimate of drug-likeness (QED) is 0.638. The Labute approximate surface area is 138 Å². The lowest BCUT2D eigenvalue weighted by Gasteiger charge is -2.28. The lowest BCUT2D eigenvalue weighted by molar-refractivity contribution is -0.128. The molecule has 3 heterocycles. The van der Waals surface area contributed by atoms with Crippen LogP contribution in [0.4, 0.5) is 0 Å². The predicted molar refractivity (Wildman–Crippen MR) is 85.4 cm³/mol. The molecule has 2 N–H and O–H groups in total. The molecule has 0 radical (unpaired) electrons. The van der Waals surface area contributed by atoms with Crippen LogP contribution in [0.2, 0.25) is 0 Å². The number of rotatable bonds is 3. The van der Waals surface area contributed by atoms with E-state index in [9.17, 15) is 9.59 Å². The van der Waals surface area contributed by atoms with Gasteiger partial charge in [-0.1, -0.05) is 5.57 Å². The van der Waals surface area contributed by atoms with E-state index < -0.39 is 0 Å². The first-order valence-corrected chi connectivity index (χ1v) is 8.23. The lowest BCUT2D eigenvalue weighted by atomic mass is 10.0. The van der Waals surface area contributed by atoms with E-state index in [0.717, 1.165) is 11.3 Å². The SMILES string of the molecule is COc1ccn(C)c1C(=O)N1CCC2=C(C1)SC(C(=O)NO)C2. The molecule has 0 saturated carbocycles. The van der Waals surface area contributed by atoms with Crippen molar-refractivity contribution in [2.24, 2.45) is 7.05 Å². The summed E-state index contributed by atoms with van der Waals surface area (Å²) >= 11 is 1.44. The van der Waals surface area contributed by atoms with Gasteiger partial charge in [-0.3, -0.25) is 14.8 Å². The number of hydrogen-bond donors (Lipinski definition) is 2. The van der Waals surface area contributed by atoms with Crippen LogP contribution in [0, 0.1) is 0 Å². The lowest BCUT2D eigenvalue weighted by Crippen LogP contribution is -2.37. The zero-order valence-electron chi connectivity index (χ0n) is 13.0. The largest absolute Gasteiger partial charge is 0.494 e. The Kier molecular flexibility index (Phi) is 4.36. The molecule has 3 rings (SSSR count). The van der Waals surface area contributed by atoms with E-state index in [2.05, 4.69) is 0 Å². The fourth-order valence-corrected chi connectivity index (χ4v) is 4.39. The number of carbonyl (C=O) groups excluding carboxylic acids is 2. The average molecular weight is 337 g/mol. The molecule has 0 aliphatic carbocycles. The highest BCUT2D eigenvalue weighted by atomic mass is 32.2. The molecule has 124 valence electrons. The third-order valence-electron chi connectivity index (χ3n) is 4.28. The Morgan fingerprint density at radius 2 is 2.26 bits per heavy atom. The number of carbonyl (C=O) groups is 2. The van der Waals surface area contributed by atoms with E-state index in [1.54, 1.807) is 34.3 Å². The zero-order valence-corrected chi connectivity index (χ0v) is 13.9. The maximum Gasteiger partial charge on any atom is 0.274 e. The number of ether oxygens (including phenoxy) is 1. The number of amides is 2. The Bertz CT molecular complexity index is 682. The Balaban J connectivity index is 1.74. The molecule has 8 heteroatoms. The van der Waals surface area contributed by atoms with Gasteiger partial charge in [-0.05, 0) is 18.9 Å². The minimum absolute atomic E-state index is 0.0726. The van der Waals surface area contributed by atoms with E-state index in [1.807, 2.05) is 7.05 Å². The maximum atomic E-state index is 12.8. The van der Waals surface area contributed by atoms with Gasteiger partial charge < -0.3 is 14.2 Å². The van der Waals surface area contributed by atoms with Gasteiger partial charge >= 0.3 is 0 Å². The van der Waals surface area contributed by atoms with Crippen LogP contribution in [0.5, 0.6) is 5.75 Å². The maximum absolute atomic E-state index is 12.8. The monoisotopic (exact) mass is 337 g/mol. The second-order valence-electron chi connectivity index (χ2n) is 5.63. The van der Waals surface area contributed by atoms with Gasteiger partial charge in [0, 0.05) is 24.7 Å². The minimum atomic E-state index is -0.383. The minimum Gasteiger partial charge on any atom is -0.494 e. The molecule has 1 aromatic heterocycles. The van der Waals surface area contributed by atoms with Gasteiger partial charge in [0.25, 0.3) is 11.8 Å². The van der Waals surface area contributed by atoms with E-state index in [4.69, 9.17) is 9.94 Å². The van der Waals surface area contributed by atoms with Gasteiger partial charge in [-0.15, -0.1) is 11.8 Å². The van der Waals surface area contributed by atoms with Crippen LogP contribution in [0.3, 0.4) is 0 Å². The summed E-state index contributed by atoms with van der Waals surface area (Å²) in [5, 5.41) is 8.47. The van der Waals surface area contributed by atoms with Gasteiger partial charge in [-0.2, -0.15) is 0 Å². The predicted octanol–water partition coefficient (Wildman–Crippen LogP) is 1.14. The number of hydrogen-bond acceptors (Lipinski definition) is 5. The number of aryl methyl sites for hydroxylation is 1. The molecule has 1 atom stereocenters. The standard InChI is InChI=1S/C15H19N3O4S/c1-17-5-4-10(22-2)13(17)15(20)18-6-3-9-7-11(14(19)16-21)23-12(9)8-18/h4-5,11,21H,3,6-8H2,1-2H3,(H,16,19). The van der Waals surface area contributed by atoms with Crippen molar-refractivity contribution >= 4 is 23.6 Å². The number of thioether (sulfide) groups is 1. The molecule has 0 saturated heterocycles. The highest BCUT2D eigenvalue weighted by Crippen LogP contribution is 2.42. The Morgan fingerprint density at radius 1 is 1.48 bits per heavy atom. The molecule has 0 bridgehead atoms. The highest BCUT2D eigenvalue weighted by molar-refractivity contribution is 8.04. The Morgan fingerprint density at radius 3 is 2.96 bits per heavy atom. The topological polar surface area (TPSA) is 83.8 Å². The highest BCUT2D eigenvalue weighted by Gasteiger charge is 2.35. The van der Waals surface area contributed by atoms with Crippen molar-refractivity contribution in [1.29, 1.82) is 0 Å². The van der Waals surface area contributed by atoms with Crippen molar-refractivity contribution in [3.8, 4) is 5.75 Å². The van der Waals surface area contributed by atoms with Crippen LogP contribution < -0.4 is 10.2 Å². The van der Waals surface area contributed by atoms with Crippen LogP contribution in [-0.4, -0.2) is 51.9 Å². The van der Waals surface area contributed by atoms with Gasteiger partial charge in [0.1, 0.15) is 11.4 Å². The van der Waals surface area contributed by atoms with E-state index in [1.165, 1.54) is 17.3 Å². The normalized spacial score (nSPS) is 20.5. The summed E-state index contributed by atoms with van der Waals surface area (Å²) in [5.41, 5.74) is 3.45. The third-order valence-corrected chi connectivity index (χ3v) is 5.64. The fraction of sp³-hybridized carbons (Fsp3) is 0.467. The Hall–Kier alpha value is -1.93. The molecule has 23 heavy (non-hydrogen) atoms. The van der Waals surface area contributed by atoms with E-state index in [-0.39, 0.29) is 17.1 Å². The number of nitrogens with one attached hydrogen (secondary N) is 1. The summed E-state index contributed by atoms with van der Waals surface area (Å²) in [6.07, 6.45) is 3.20. The number of methoxy groups -OCH3 is 1. The van der Waals surface area contributed by atoms with Gasteiger partial charge in [-0.25, -0.2) is 5.48 Å². The summed E-state index contributed by atoms with van der Waals surface area (Å²) < 4.78 is 7.02. The van der Waals surface area contributed by atoms with Crippen LogP contribution in [0.25, 0.3) is 0 Å². The molecule has 1 unspecified atom stereocenters. The number of hydroxylamine groups is 1. The summed E-state index contributed by atoms with van der Waals surface area (Å²) in [4.78, 5) is 27.2. The van der Waals surface area contributed by atoms with Crippen LogP contribution in [-0.2, 0) is 11.8 Å². The molecule has 2 amide bonds. The van der Waals surface area contributed by atoms with Crippen molar-refractivity contribution in [1.82, 2.24) is 14.9 Å². The fourth-order valence-electron chi connectivity index (χ4n) is 3.02. The summed E-state index contributed by atoms with van der Waals surface area (Å²) in [7, 11) is 3.37. The van der Waals surface area contributed by atoms with E-state index in [0.29, 0.717) is 31.0 Å². The first-order chi connectivity index (χ1) is 11.0. The summed E-state index contributed by atoms with van der Waals surface area (Å²) in [6.45, 7) is 1.13. The van der Waals surface area contributed by atoms with Crippen molar-refractivity contribution in [2.45, 2.75) is 18.1 Å². The van der Waals surface area contributed by atoms with Gasteiger partial charge in [0.15, 0.2) is 0 Å². The smallest absolute Gasteiger partial charge is 0.274 e. The van der Waals surface area contributed by atoms with Crippen LogP contribution in [0.15, 0.2) is 22.7 Å². The number of nitrogens with zero attached hydrogens (tertiary/aromatic N) is 2. The van der Waals surface area contributed by atoms with Crippen LogP contribution in [0.1, 0.15) is 23.3 Å². The van der Waals surface area contributed by atoms with Crippen molar-refractivity contribution in [2.75, 3.05) is 20.2 Å². The van der Waals surface area contributed by atoms with Gasteiger partial charge in [0.2, 0.25) is 0 Å². The van der Waals surface area contributed by atoms with E-state index >= 15 is 0 Å². The van der Waals surface area contributed by atoms with Crippen LogP contribution >= 0.6 is 11.8 Å². The molecular formula is C15H19N3O4S. The first kappa shape index (κ1) is 15.9. The second-order valence-corrected chi connectivity index (χ2v) is 6.93. The summed E-state index contributed by atoms with van der Waals surface area (Å²) in [6, 6.07) is 1.77. The third kappa shape index (κ3) is 2.84. The van der Waals surface area contributed by atoms with Crippen molar-refractivity contribution in [3.63, 3.8) is 0 Å². The molecule has 0 aromatic carbocycles. The summed E-state index contributed by atoms with van der Waals surface area (Å²) in [5.74, 6) is 0.108. The molecule has 2 aliphatic heterocycles. The number of aromatic nitrogens is 1. The molecule has 0 fully saturated rings. The average Bonchev–Trinajstić information content (AvgIpc) is 3.15. The molecule has 2 aliphatic rings. The second kappa shape index (κ2) is 6.29. The van der Waals surface area contributed by atoms with Crippen molar-refractivity contribution in [3.05, 3.63) is 28.4 Å². The molecular weight excluding hydrogens is 318 g/mol. The first-order valence-electron chi connectivity index (χ1n) is 7.35. The molecule has 0 spiro atoms. The van der Waals surface area contributed by atoms with Gasteiger partial charge in [0.05, 0.1) is 18.9 Å². The zero-order chi connectivity index (χ0) is 16.6.